The average molecular weight is 655 g/mol. The zero-order chi connectivity index (χ0) is 27.4. The van der Waals surface area contributed by atoms with Gasteiger partial charge in [0.2, 0.25) is 0 Å². The van der Waals surface area contributed by atoms with Gasteiger partial charge in [-0.05, 0) is 0 Å². The molecule has 0 saturated heterocycles. The number of benzene rings is 2. The van der Waals surface area contributed by atoms with Gasteiger partial charge in [0, 0.05) is 0 Å². The Balaban J connectivity index is 0.00000280. The van der Waals surface area contributed by atoms with Crippen LogP contribution in [0.3, 0.4) is 0 Å². The average Bonchev–Trinajstić information content (AvgIpc) is 3.51. The maximum Gasteiger partial charge on any atom is -1.00 e. The smallest absolute Gasteiger partial charge is 1.00 e. The second-order valence-corrected chi connectivity index (χ2v) is 18.6. The Morgan fingerprint density at radius 2 is 1.52 bits per heavy atom. The third kappa shape index (κ3) is 7.38. The van der Waals surface area contributed by atoms with E-state index in [0.29, 0.717) is 5.92 Å². The van der Waals surface area contributed by atoms with Crippen molar-refractivity contribution in [3.63, 3.8) is 0 Å². The molecule has 0 nitrogen and oxygen atoms in total. The molecule has 0 aromatic heterocycles. The van der Waals surface area contributed by atoms with Gasteiger partial charge in [-0.1, -0.05) is 0 Å². The van der Waals surface area contributed by atoms with Crippen molar-refractivity contribution in [1.82, 2.24) is 0 Å². The van der Waals surface area contributed by atoms with E-state index in [1.165, 1.54) is 72.8 Å². The molecule has 2 aromatic carbocycles. The standard InChI is InChI=1S/C17H13.C11H17.C9H18.2ClH.Zr/c1-3-12-5-7-14-11-15-8-6-13(4-2)10-17(15)16(14)9-12;1-5-9-6-7-10(8-9)11(2,3)4;1-3-5-7-9-8-6-4-2;;;/h3-7,9-10H,1-2,11H2;7-9H,5H2,1-4H3;3-8H2,1-2H3;2*1H;/q;;;;;+2/p-2. The molecule has 0 bridgehead atoms. The van der Waals surface area contributed by atoms with Gasteiger partial charge in [0.25, 0.3) is 0 Å². The van der Waals surface area contributed by atoms with Gasteiger partial charge in [-0.15, -0.1) is 0 Å². The fourth-order valence-corrected chi connectivity index (χ4v) is 15.4. The predicted molar refractivity (Wildman–Crippen MR) is 168 cm³/mol. The van der Waals surface area contributed by atoms with E-state index in [4.69, 9.17) is 0 Å². The van der Waals surface area contributed by atoms with Crippen molar-refractivity contribution >= 4 is 18.6 Å². The Kier molecular flexibility index (Phi) is 13.3. The van der Waals surface area contributed by atoms with E-state index in [2.05, 4.69) is 103 Å². The molecule has 3 heteroatoms. The topological polar surface area (TPSA) is 0 Å². The first-order chi connectivity index (χ1) is 18.2. The monoisotopic (exact) mass is 652 g/mol. The zero-order valence-electron chi connectivity index (χ0n) is 25.6. The van der Waals surface area contributed by atoms with E-state index in [9.17, 15) is 0 Å². The molecular weight excluding hydrogens is 607 g/mol. The summed E-state index contributed by atoms with van der Waals surface area (Å²) >= 11 is -2.40. The summed E-state index contributed by atoms with van der Waals surface area (Å²) in [6.07, 6.45) is 19.5. The van der Waals surface area contributed by atoms with Crippen LogP contribution in [0.2, 0.25) is 0 Å². The molecule has 0 spiro atoms. The van der Waals surface area contributed by atoms with E-state index in [1.807, 2.05) is 12.6 Å². The van der Waals surface area contributed by atoms with Crippen molar-refractivity contribution < 1.29 is 46.1 Å². The van der Waals surface area contributed by atoms with Gasteiger partial charge < -0.3 is 24.8 Å². The normalized spacial score (nSPS) is 15.0. The van der Waals surface area contributed by atoms with Gasteiger partial charge in [0.05, 0.1) is 0 Å². The first kappa shape index (κ1) is 34.9. The van der Waals surface area contributed by atoms with Crippen molar-refractivity contribution in [2.45, 2.75) is 92.9 Å². The summed E-state index contributed by atoms with van der Waals surface area (Å²) < 4.78 is 5.50. The van der Waals surface area contributed by atoms with Crippen LogP contribution in [-0.2, 0) is 27.7 Å². The predicted octanol–water partition coefficient (Wildman–Crippen LogP) is 4.24. The molecule has 0 amide bonds. The molecule has 1 unspecified atom stereocenters. The summed E-state index contributed by atoms with van der Waals surface area (Å²) in [6.45, 7) is 22.5. The second-order valence-electron chi connectivity index (χ2n) is 12.3. The molecule has 0 N–H and O–H groups in total. The molecule has 2 aromatic rings. The Labute approximate surface area is 265 Å². The molecule has 2 aliphatic rings. The molecule has 4 rings (SSSR count). The van der Waals surface area contributed by atoms with Crippen LogP contribution in [-0.4, -0.2) is 3.21 Å². The fraction of sp³-hybridized carbons (Fsp3) is 0.432. The molecule has 0 fully saturated rings. The number of hydrogen-bond donors (Lipinski definition) is 0. The Morgan fingerprint density at radius 1 is 0.900 bits per heavy atom. The number of unbranched alkanes of at least 4 members (excludes halogenated alkanes) is 2. The molecule has 1 atom stereocenters. The molecule has 0 saturated carbocycles. The number of halogens is 2. The van der Waals surface area contributed by atoms with Crippen LogP contribution in [0.5, 0.6) is 0 Å². The van der Waals surface area contributed by atoms with E-state index in [0.717, 1.165) is 6.42 Å². The van der Waals surface area contributed by atoms with Gasteiger partial charge in [-0.3, -0.25) is 0 Å². The third-order valence-corrected chi connectivity index (χ3v) is 16.6. The summed E-state index contributed by atoms with van der Waals surface area (Å²) in [5.74, 6) is 0.594. The summed E-state index contributed by atoms with van der Waals surface area (Å²) in [6, 6.07) is 11.9. The number of allylic oxidation sites excluding steroid dienone is 4. The van der Waals surface area contributed by atoms with E-state index in [-0.39, 0.29) is 30.2 Å². The van der Waals surface area contributed by atoms with Crippen LogP contribution in [0.4, 0.5) is 0 Å². The molecule has 0 aliphatic heterocycles. The Hall–Kier alpha value is -1.27. The minimum atomic E-state index is -2.40. The summed E-state index contributed by atoms with van der Waals surface area (Å²) in [4.78, 5) is 0. The van der Waals surface area contributed by atoms with Crippen molar-refractivity contribution in [1.29, 1.82) is 0 Å². The van der Waals surface area contributed by atoms with E-state index < -0.39 is 21.3 Å². The molecule has 0 heterocycles. The largest absolute Gasteiger partial charge is 1.00 e. The Morgan fingerprint density at radius 3 is 2.08 bits per heavy atom. The maximum atomic E-state index is 4.24. The van der Waals surface area contributed by atoms with Gasteiger partial charge in [0.1, 0.15) is 0 Å². The second kappa shape index (κ2) is 15.3. The third-order valence-electron chi connectivity index (χ3n) is 8.51. The van der Waals surface area contributed by atoms with Gasteiger partial charge in [-0.25, -0.2) is 0 Å². The van der Waals surface area contributed by atoms with Crippen LogP contribution >= 0.6 is 0 Å². The van der Waals surface area contributed by atoms with E-state index >= 15 is 0 Å². The molecule has 214 valence electrons. The van der Waals surface area contributed by atoms with Crippen molar-refractivity contribution in [3.05, 3.63) is 86.7 Å². The van der Waals surface area contributed by atoms with Crippen molar-refractivity contribution in [2.24, 2.45) is 11.3 Å². The van der Waals surface area contributed by atoms with Crippen molar-refractivity contribution in [3.8, 4) is 11.1 Å². The summed E-state index contributed by atoms with van der Waals surface area (Å²) in [5, 5.41) is 0. The van der Waals surface area contributed by atoms with Gasteiger partial charge in [0.15, 0.2) is 0 Å². The van der Waals surface area contributed by atoms with Crippen LogP contribution in [0.1, 0.15) is 109 Å². The molecule has 0 radical (unpaired) electrons. The SMILES string of the molecule is C=Cc1ccc2c(c1)-c1cc(C=C)c[c]([Zr+2]([C]3=CC(C(C)(C)C)=CC3CC)=[C](CCCC)CCCC)c1C2.[Cl-].[Cl-]. The molecule has 40 heavy (non-hydrogen) atoms. The minimum absolute atomic E-state index is 0. The van der Waals surface area contributed by atoms with Crippen LogP contribution in [0.25, 0.3) is 23.3 Å². The van der Waals surface area contributed by atoms with Gasteiger partial charge >= 0.3 is 242 Å². The fourth-order valence-electron chi connectivity index (χ4n) is 6.18. The van der Waals surface area contributed by atoms with Crippen LogP contribution < -0.4 is 28.1 Å². The zero-order valence-corrected chi connectivity index (χ0v) is 29.6. The number of fused-ring (bicyclic) bond motifs is 3. The minimum Gasteiger partial charge on any atom is -1.00 e. The quantitative estimate of drug-likeness (QED) is 0.290. The molecule has 2 aliphatic carbocycles. The molecular formula is C37H48Cl2Zr. The van der Waals surface area contributed by atoms with Crippen LogP contribution in [0, 0.1) is 11.3 Å². The first-order valence-electron chi connectivity index (χ1n) is 15.0. The Bertz CT molecular complexity index is 1310. The first-order valence-corrected chi connectivity index (χ1v) is 18.7. The van der Waals surface area contributed by atoms with Crippen molar-refractivity contribution in [2.75, 3.05) is 0 Å². The van der Waals surface area contributed by atoms with E-state index in [1.54, 1.807) is 14.4 Å². The van der Waals surface area contributed by atoms with Gasteiger partial charge in [-0.2, -0.15) is 0 Å². The summed E-state index contributed by atoms with van der Waals surface area (Å²) in [5.41, 5.74) is 10.2. The summed E-state index contributed by atoms with van der Waals surface area (Å²) in [7, 11) is 0. The van der Waals surface area contributed by atoms with Crippen LogP contribution in [0.15, 0.2) is 64.5 Å². The number of rotatable bonds is 11. The maximum absolute atomic E-state index is 4.24. The number of hydrogen-bond acceptors (Lipinski definition) is 0.